The third-order valence-electron chi connectivity index (χ3n) is 6.95. The van der Waals surface area contributed by atoms with E-state index in [1.54, 1.807) is 0 Å². The minimum Gasteiger partial charge on any atom is -0.353 e. The molecule has 4 atom stereocenters. The summed E-state index contributed by atoms with van der Waals surface area (Å²) in [5.41, 5.74) is 6.35. The van der Waals surface area contributed by atoms with Gasteiger partial charge in [0, 0.05) is 30.6 Å². The fourth-order valence-electron chi connectivity index (χ4n) is 5.68. The van der Waals surface area contributed by atoms with Crippen molar-refractivity contribution in [2.75, 3.05) is 13.1 Å². The number of rotatable bonds is 2. The van der Waals surface area contributed by atoms with Crippen LogP contribution in [0, 0.1) is 17.8 Å². The number of carbonyl (C=O) groups is 1. The average Bonchev–Trinajstić information content (AvgIpc) is 2.94. The van der Waals surface area contributed by atoms with Crippen LogP contribution in [0.4, 0.5) is 0 Å². The smallest absolute Gasteiger partial charge is 0.223 e. The first-order valence-corrected chi connectivity index (χ1v) is 9.50. The number of nitrogens with zero attached hydrogens (tertiary/aromatic N) is 1. The largest absolute Gasteiger partial charge is 0.353 e. The van der Waals surface area contributed by atoms with Crippen molar-refractivity contribution in [3.63, 3.8) is 0 Å². The Hall–Kier alpha value is -0.0300. The Morgan fingerprint density at radius 2 is 1.62 bits per heavy atom. The van der Waals surface area contributed by atoms with Crippen molar-refractivity contribution in [1.82, 2.24) is 10.2 Å². The second kappa shape index (κ2) is 8.57. The number of hydrogen-bond donors (Lipinski definition) is 2. The van der Waals surface area contributed by atoms with Gasteiger partial charge in [0.2, 0.25) is 5.91 Å². The average molecular weight is 378 g/mol. The van der Waals surface area contributed by atoms with Gasteiger partial charge in [0.25, 0.3) is 0 Å². The third kappa shape index (κ3) is 4.03. The van der Waals surface area contributed by atoms with Crippen LogP contribution >= 0.6 is 24.8 Å². The zero-order valence-electron chi connectivity index (χ0n) is 14.5. The summed E-state index contributed by atoms with van der Waals surface area (Å²) in [7, 11) is 0. The second-order valence-corrected chi connectivity index (χ2v) is 8.26. The summed E-state index contributed by atoms with van der Waals surface area (Å²) in [4.78, 5) is 15.3. The zero-order chi connectivity index (χ0) is 15.1. The van der Waals surface area contributed by atoms with Crippen molar-refractivity contribution in [2.24, 2.45) is 23.5 Å². The van der Waals surface area contributed by atoms with Gasteiger partial charge in [0.05, 0.1) is 0 Å². The number of hydrogen-bond acceptors (Lipinski definition) is 3. The van der Waals surface area contributed by atoms with Gasteiger partial charge in [-0.25, -0.2) is 0 Å². The molecule has 6 heteroatoms. The molecular weight excluding hydrogens is 345 g/mol. The molecule has 4 fully saturated rings. The van der Waals surface area contributed by atoms with E-state index in [9.17, 15) is 4.79 Å². The van der Waals surface area contributed by atoms with Crippen LogP contribution in [0.5, 0.6) is 0 Å². The monoisotopic (exact) mass is 377 g/mol. The molecule has 2 bridgehead atoms. The lowest BCUT2D eigenvalue weighted by Crippen LogP contribution is -2.52. The van der Waals surface area contributed by atoms with Gasteiger partial charge in [0.1, 0.15) is 0 Å². The predicted octanol–water partition coefficient (Wildman–Crippen LogP) is 2.73. The van der Waals surface area contributed by atoms with Crippen LogP contribution < -0.4 is 11.1 Å². The lowest BCUT2D eigenvalue weighted by Gasteiger charge is -2.44. The normalized spacial score (nSPS) is 41.5. The van der Waals surface area contributed by atoms with E-state index in [1.165, 1.54) is 51.6 Å². The van der Waals surface area contributed by atoms with Crippen molar-refractivity contribution in [1.29, 1.82) is 0 Å². The molecule has 2 saturated heterocycles. The van der Waals surface area contributed by atoms with Gasteiger partial charge in [-0.1, -0.05) is 6.42 Å². The van der Waals surface area contributed by atoms with Crippen molar-refractivity contribution < 1.29 is 4.79 Å². The Morgan fingerprint density at radius 3 is 2.33 bits per heavy atom. The number of nitrogens with one attached hydrogen (secondary N) is 1. The lowest BCUT2D eigenvalue weighted by atomic mass is 9.65. The van der Waals surface area contributed by atoms with E-state index >= 15 is 0 Å². The first-order chi connectivity index (χ1) is 10.7. The fourth-order valence-corrected chi connectivity index (χ4v) is 5.68. The number of amides is 1. The summed E-state index contributed by atoms with van der Waals surface area (Å²) in [6.07, 6.45) is 10.8. The molecule has 4 unspecified atom stereocenters. The number of fused-ring (bicyclic) bond motifs is 3. The van der Waals surface area contributed by atoms with Gasteiger partial charge in [-0.15, -0.1) is 24.8 Å². The van der Waals surface area contributed by atoms with E-state index in [2.05, 4.69) is 10.2 Å². The van der Waals surface area contributed by atoms with E-state index < -0.39 is 0 Å². The molecule has 0 aromatic carbocycles. The molecule has 0 radical (unpaired) electrons. The number of piperidine rings is 1. The molecule has 0 aromatic heterocycles. The summed E-state index contributed by atoms with van der Waals surface area (Å²) < 4.78 is 0. The molecule has 0 spiro atoms. The molecule has 2 aliphatic heterocycles. The first kappa shape index (κ1) is 20.3. The molecule has 2 saturated carbocycles. The number of carbonyl (C=O) groups excluding carboxylic acids is 1. The Morgan fingerprint density at radius 1 is 0.917 bits per heavy atom. The minimum absolute atomic E-state index is 0. The van der Waals surface area contributed by atoms with Gasteiger partial charge in [-0.2, -0.15) is 0 Å². The van der Waals surface area contributed by atoms with Crippen LogP contribution in [0.2, 0.25) is 0 Å². The van der Waals surface area contributed by atoms with Crippen LogP contribution in [0.3, 0.4) is 0 Å². The summed E-state index contributed by atoms with van der Waals surface area (Å²) in [6, 6.07) is 1.51. The quantitative estimate of drug-likeness (QED) is 0.777. The SMILES string of the molecule is Cl.Cl.NC1C2CCCC1CC(C(=O)NC1CCN3CCCC3C1)C2. The topological polar surface area (TPSA) is 58.4 Å². The van der Waals surface area contributed by atoms with Crippen molar-refractivity contribution in [3.05, 3.63) is 0 Å². The highest BCUT2D eigenvalue weighted by Crippen LogP contribution is 2.42. The van der Waals surface area contributed by atoms with Gasteiger partial charge >= 0.3 is 0 Å². The maximum atomic E-state index is 12.7. The Labute approximate surface area is 158 Å². The standard InChI is InChI=1S/C18H31N3O.2ClH/c19-17-12-3-1-4-13(17)10-14(9-12)18(22)20-15-6-8-21-7-2-5-16(21)11-15;;/h12-17H,1-11,19H2,(H,20,22);2*1H. The highest BCUT2D eigenvalue weighted by atomic mass is 35.5. The summed E-state index contributed by atoms with van der Waals surface area (Å²) >= 11 is 0. The Balaban J connectivity index is 0.00000104. The van der Waals surface area contributed by atoms with Crippen LogP contribution in [0.15, 0.2) is 0 Å². The van der Waals surface area contributed by atoms with E-state index in [0.717, 1.165) is 25.3 Å². The predicted molar refractivity (Wildman–Crippen MR) is 102 cm³/mol. The van der Waals surface area contributed by atoms with Gasteiger partial charge in [-0.05, 0) is 69.7 Å². The Bertz CT molecular complexity index is 422. The van der Waals surface area contributed by atoms with Gasteiger partial charge in [0.15, 0.2) is 0 Å². The van der Waals surface area contributed by atoms with E-state index in [-0.39, 0.29) is 30.7 Å². The van der Waals surface area contributed by atoms with Gasteiger partial charge in [-0.3, -0.25) is 4.79 Å². The molecular formula is C18H33Cl2N3O. The molecule has 0 aromatic rings. The minimum atomic E-state index is 0. The molecule has 4 rings (SSSR count). The lowest BCUT2D eigenvalue weighted by molar-refractivity contribution is -0.129. The van der Waals surface area contributed by atoms with Crippen LogP contribution in [-0.2, 0) is 4.79 Å². The zero-order valence-corrected chi connectivity index (χ0v) is 16.1. The Kier molecular flexibility index (Phi) is 7.24. The van der Waals surface area contributed by atoms with Gasteiger partial charge < -0.3 is 16.0 Å². The van der Waals surface area contributed by atoms with Crippen molar-refractivity contribution >= 4 is 30.7 Å². The molecule has 4 nitrogen and oxygen atoms in total. The molecule has 3 N–H and O–H groups in total. The van der Waals surface area contributed by atoms with Crippen molar-refractivity contribution in [2.45, 2.75) is 75.9 Å². The molecule has 140 valence electrons. The fraction of sp³-hybridized carbons (Fsp3) is 0.944. The highest BCUT2D eigenvalue weighted by molar-refractivity contribution is 5.85. The molecule has 24 heavy (non-hydrogen) atoms. The van der Waals surface area contributed by atoms with Crippen LogP contribution in [0.25, 0.3) is 0 Å². The summed E-state index contributed by atoms with van der Waals surface area (Å²) in [6.45, 7) is 2.45. The summed E-state index contributed by atoms with van der Waals surface area (Å²) in [5, 5.41) is 3.40. The van der Waals surface area contributed by atoms with Crippen LogP contribution in [0.1, 0.15) is 57.8 Å². The molecule has 4 aliphatic rings. The first-order valence-electron chi connectivity index (χ1n) is 9.50. The van der Waals surface area contributed by atoms with E-state index in [0.29, 0.717) is 29.8 Å². The summed E-state index contributed by atoms with van der Waals surface area (Å²) in [5.74, 6) is 1.76. The number of halogens is 2. The third-order valence-corrected chi connectivity index (χ3v) is 6.95. The maximum Gasteiger partial charge on any atom is 0.223 e. The van der Waals surface area contributed by atoms with E-state index in [1.807, 2.05) is 0 Å². The second-order valence-electron chi connectivity index (χ2n) is 8.26. The number of nitrogens with two attached hydrogens (primary N) is 1. The maximum absolute atomic E-state index is 12.7. The van der Waals surface area contributed by atoms with E-state index in [4.69, 9.17) is 5.73 Å². The van der Waals surface area contributed by atoms with Crippen molar-refractivity contribution in [3.8, 4) is 0 Å². The van der Waals surface area contributed by atoms with Crippen LogP contribution in [-0.4, -0.2) is 42.0 Å². The highest BCUT2D eigenvalue weighted by Gasteiger charge is 2.41. The molecule has 1 amide bonds. The molecule has 2 aliphatic carbocycles. The molecule has 2 heterocycles.